The first-order chi connectivity index (χ1) is 9.37. The summed E-state index contributed by atoms with van der Waals surface area (Å²) in [4.78, 5) is 5.90. The van der Waals surface area contributed by atoms with Gasteiger partial charge in [0.1, 0.15) is 0 Å². The molecule has 0 amide bonds. The summed E-state index contributed by atoms with van der Waals surface area (Å²) in [5, 5.41) is 3.78. The first-order valence-corrected chi connectivity index (χ1v) is 8.89. The van der Waals surface area contributed by atoms with Crippen molar-refractivity contribution >= 4 is 11.3 Å². The summed E-state index contributed by atoms with van der Waals surface area (Å²) in [6.07, 6.45) is 6.99. The highest BCUT2D eigenvalue weighted by atomic mass is 32.1. The number of nitrogens with zero attached hydrogens (tertiary/aromatic N) is 1. The van der Waals surface area contributed by atoms with E-state index in [9.17, 15) is 0 Å². The smallest absolute Gasteiger partial charge is 0.0797 e. The molecule has 2 saturated carbocycles. The summed E-state index contributed by atoms with van der Waals surface area (Å²) in [6.45, 7) is 10.2. The standard InChI is InChI=1S/C17H28N2S/c1-12-15(20-11-18-12)5-6-17(10-19-16(2,3)4)8-13-7-14(13)9-17/h11,13-14,19H,5-10H2,1-4H3. The third kappa shape index (κ3) is 3.25. The minimum absolute atomic E-state index is 0.236. The lowest BCUT2D eigenvalue weighted by atomic mass is 9.78. The van der Waals surface area contributed by atoms with Crippen LogP contribution in [-0.4, -0.2) is 17.1 Å². The number of fused-ring (bicyclic) bond motifs is 1. The van der Waals surface area contributed by atoms with Gasteiger partial charge in [0.15, 0.2) is 0 Å². The minimum atomic E-state index is 0.236. The Bertz CT molecular complexity index is 462. The lowest BCUT2D eigenvalue weighted by Gasteiger charge is -2.35. The van der Waals surface area contributed by atoms with Crippen LogP contribution < -0.4 is 5.32 Å². The molecular weight excluding hydrogens is 264 g/mol. The zero-order valence-electron chi connectivity index (χ0n) is 13.3. The van der Waals surface area contributed by atoms with Gasteiger partial charge in [-0.15, -0.1) is 11.3 Å². The molecule has 2 atom stereocenters. The van der Waals surface area contributed by atoms with Crippen LogP contribution in [0.5, 0.6) is 0 Å². The molecule has 1 aromatic heterocycles. The second-order valence-electron chi connectivity index (χ2n) is 8.13. The Balaban J connectivity index is 1.62. The minimum Gasteiger partial charge on any atom is -0.312 e. The lowest BCUT2D eigenvalue weighted by molar-refractivity contribution is 0.208. The first kappa shape index (κ1) is 14.5. The van der Waals surface area contributed by atoms with Gasteiger partial charge in [0.2, 0.25) is 0 Å². The van der Waals surface area contributed by atoms with E-state index in [1.54, 1.807) is 0 Å². The molecular formula is C17H28N2S. The Labute approximate surface area is 127 Å². The fraction of sp³-hybridized carbons (Fsp3) is 0.824. The summed E-state index contributed by atoms with van der Waals surface area (Å²) in [5.74, 6) is 2.11. The third-order valence-corrected chi connectivity index (χ3v) is 6.18. The molecule has 1 N–H and O–H groups in total. The topological polar surface area (TPSA) is 24.9 Å². The molecule has 2 nitrogen and oxygen atoms in total. The van der Waals surface area contributed by atoms with Crippen LogP contribution in [0.15, 0.2) is 5.51 Å². The molecule has 20 heavy (non-hydrogen) atoms. The molecule has 2 aliphatic rings. The van der Waals surface area contributed by atoms with E-state index in [0.717, 1.165) is 11.8 Å². The molecule has 1 aromatic rings. The van der Waals surface area contributed by atoms with Crippen molar-refractivity contribution in [2.24, 2.45) is 17.3 Å². The number of nitrogens with one attached hydrogen (secondary N) is 1. The number of thiazole rings is 1. The van der Waals surface area contributed by atoms with Crippen molar-refractivity contribution in [2.45, 2.75) is 65.3 Å². The molecule has 2 aliphatic carbocycles. The van der Waals surface area contributed by atoms with Crippen molar-refractivity contribution in [2.75, 3.05) is 6.54 Å². The van der Waals surface area contributed by atoms with E-state index in [-0.39, 0.29) is 5.54 Å². The van der Waals surface area contributed by atoms with Crippen molar-refractivity contribution in [3.05, 3.63) is 16.1 Å². The van der Waals surface area contributed by atoms with Crippen molar-refractivity contribution in [3.8, 4) is 0 Å². The molecule has 3 heteroatoms. The van der Waals surface area contributed by atoms with Crippen molar-refractivity contribution < 1.29 is 0 Å². The van der Waals surface area contributed by atoms with Crippen LogP contribution in [0.3, 0.4) is 0 Å². The van der Waals surface area contributed by atoms with Crippen molar-refractivity contribution in [1.29, 1.82) is 0 Å². The van der Waals surface area contributed by atoms with Gasteiger partial charge >= 0.3 is 0 Å². The molecule has 112 valence electrons. The van der Waals surface area contributed by atoms with E-state index in [2.05, 4.69) is 38.0 Å². The Morgan fingerprint density at radius 2 is 2.05 bits per heavy atom. The molecule has 3 rings (SSSR count). The zero-order valence-corrected chi connectivity index (χ0v) is 14.1. The molecule has 2 fully saturated rings. The fourth-order valence-electron chi connectivity index (χ4n) is 3.84. The number of hydrogen-bond acceptors (Lipinski definition) is 3. The van der Waals surface area contributed by atoms with Gasteiger partial charge in [-0.2, -0.15) is 0 Å². The first-order valence-electron chi connectivity index (χ1n) is 8.01. The monoisotopic (exact) mass is 292 g/mol. The predicted octanol–water partition coefficient (Wildman–Crippen LogP) is 4.19. The van der Waals surface area contributed by atoms with Crippen LogP contribution in [0, 0.1) is 24.2 Å². The van der Waals surface area contributed by atoms with Gasteiger partial charge in [-0.05, 0) is 77.0 Å². The Morgan fingerprint density at radius 3 is 2.60 bits per heavy atom. The van der Waals surface area contributed by atoms with Gasteiger partial charge in [0, 0.05) is 17.0 Å². The SMILES string of the molecule is Cc1ncsc1CCC1(CNC(C)(C)C)CC2CC2C1. The van der Waals surface area contributed by atoms with Gasteiger partial charge in [-0.25, -0.2) is 4.98 Å². The van der Waals surface area contributed by atoms with Gasteiger partial charge in [-0.1, -0.05) is 0 Å². The summed E-state index contributed by atoms with van der Waals surface area (Å²) in [7, 11) is 0. The van der Waals surface area contributed by atoms with Crippen LogP contribution >= 0.6 is 11.3 Å². The largest absolute Gasteiger partial charge is 0.312 e. The average molecular weight is 292 g/mol. The van der Waals surface area contributed by atoms with Gasteiger partial charge in [0.05, 0.1) is 11.2 Å². The highest BCUT2D eigenvalue weighted by Crippen LogP contribution is 2.61. The molecule has 0 aliphatic heterocycles. The number of aryl methyl sites for hydroxylation is 2. The second-order valence-corrected chi connectivity index (χ2v) is 9.07. The van der Waals surface area contributed by atoms with Crippen LogP contribution in [-0.2, 0) is 6.42 Å². The average Bonchev–Trinajstić information content (AvgIpc) is 2.80. The zero-order chi connectivity index (χ0) is 14.4. The van der Waals surface area contributed by atoms with E-state index < -0.39 is 0 Å². The van der Waals surface area contributed by atoms with E-state index in [1.165, 1.54) is 49.2 Å². The number of aromatic nitrogens is 1. The Morgan fingerprint density at radius 1 is 1.35 bits per heavy atom. The third-order valence-electron chi connectivity index (χ3n) is 5.18. The van der Waals surface area contributed by atoms with Crippen LogP contribution in [0.25, 0.3) is 0 Å². The lowest BCUT2D eigenvalue weighted by Crippen LogP contribution is -2.43. The maximum atomic E-state index is 4.40. The molecule has 0 spiro atoms. The molecule has 0 radical (unpaired) electrons. The molecule has 1 heterocycles. The number of rotatable bonds is 5. The quantitative estimate of drug-likeness (QED) is 0.880. The number of hydrogen-bond donors (Lipinski definition) is 1. The van der Waals surface area contributed by atoms with Gasteiger partial charge in [-0.3, -0.25) is 0 Å². The van der Waals surface area contributed by atoms with Crippen molar-refractivity contribution in [3.63, 3.8) is 0 Å². The summed E-state index contributed by atoms with van der Waals surface area (Å²) in [6, 6.07) is 0. The van der Waals surface area contributed by atoms with Gasteiger partial charge in [0.25, 0.3) is 0 Å². The van der Waals surface area contributed by atoms with Crippen LogP contribution in [0.2, 0.25) is 0 Å². The molecule has 0 aromatic carbocycles. The van der Waals surface area contributed by atoms with Crippen LogP contribution in [0.4, 0.5) is 0 Å². The maximum absolute atomic E-state index is 4.40. The van der Waals surface area contributed by atoms with E-state index in [4.69, 9.17) is 0 Å². The van der Waals surface area contributed by atoms with E-state index in [1.807, 2.05) is 16.8 Å². The molecule has 0 bridgehead atoms. The highest BCUT2D eigenvalue weighted by Gasteiger charge is 2.53. The summed E-state index contributed by atoms with van der Waals surface area (Å²) < 4.78 is 0. The summed E-state index contributed by atoms with van der Waals surface area (Å²) >= 11 is 1.84. The maximum Gasteiger partial charge on any atom is 0.0797 e. The van der Waals surface area contributed by atoms with Gasteiger partial charge < -0.3 is 5.32 Å². The highest BCUT2D eigenvalue weighted by molar-refractivity contribution is 7.09. The molecule has 2 unspecified atom stereocenters. The summed E-state index contributed by atoms with van der Waals surface area (Å²) in [5.41, 5.74) is 4.03. The van der Waals surface area contributed by atoms with Crippen LogP contribution in [0.1, 0.15) is 57.0 Å². The van der Waals surface area contributed by atoms with Crippen molar-refractivity contribution in [1.82, 2.24) is 10.3 Å². The normalized spacial score (nSPS) is 32.4. The van der Waals surface area contributed by atoms with E-state index in [0.29, 0.717) is 5.41 Å². The fourth-order valence-corrected chi connectivity index (χ4v) is 4.62. The Kier molecular flexibility index (Phi) is 3.70. The molecule has 0 saturated heterocycles. The van der Waals surface area contributed by atoms with E-state index >= 15 is 0 Å². The predicted molar refractivity (Wildman–Crippen MR) is 86.2 cm³/mol. The second kappa shape index (κ2) is 5.10. The Hall–Kier alpha value is -0.410.